The smallest absolute Gasteiger partial charge is 0.401 e. The van der Waals surface area contributed by atoms with Gasteiger partial charge in [0.2, 0.25) is 0 Å². The predicted molar refractivity (Wildman–Crippen MR) is 106 cm³/mol. The molecular weight excluding hydrogens is 384 g/mol. The molecule has 0 unspecified atom stereocenters. The number of carbonyl (C=O) groups is 2. The normalized spacial score (nSPS) is 12.3. The van der Waals surface area contributed by atoms with Crippen LogP contribution < -0.4 is 10.7 Å². The molecule has 148 valence electrons. The molecule has 0 aliphatic rings. The molecule has 2 aromatic rings. The standard InChI is InChI=1S/C18H20N4O5S/c1-2-3-7-14(20-18(24)15-8-5-12-28-15)17(23)21-19-11-4-6-13-9-10-16(27-13)22(25)26/h4-6,8-12,14H,2-3,7H2,1H3,(H,20,24)(H,21,23)/b6-4+,19-11-/t14-/m0/s1. The second kappa shape index (κ2) is 10.8. The molecule has 2 heterocycles. The number of hydrazone groups is 1. The summed E-state index contributed by atoms with van der Waals surface area (Å²) in [5, 5.41) is 18.8. The van der Waals surface area contributed by atoms with Crippen LogP contribution in [0.2, 0.25) is 0 Å². The Hall–Kier alpha value is -3.27. The van der Waals surface area contributed by atoms with Crippen LogP contribution in [0.3, 0.4) is 0 Å². The van der Waals surface area contributed by atoms with E-state index in [-0.39, 0.29) is 17.6 Å². The summed E-state index contributed by atoms with van der Waals surface area (Å²) in [6.07, 6.45) is 6.42. The van der Waals surface area contributed by atoms with Crippen LogP contribution in [0, 0.1) is 10.1 Å². The minimum absolute atomic E-state index is 0.286. The first-order chi connectivity index (χ1) is 13.5. The molecule has 28 heavy (non-hydrogen) atoms. The van der Waals surface area contributed by atoms with Gasteiger partial charge in [-0.1, -0.05) is 25.8 Å². The molecule has 0 bridgehead atoms. The van der Waals surface area contributed by atoms with E-state index in [2.05, 4.69) is 15.8 Å². The summed E-state index contributed by atoms with van der Waals surface area (Å²) < 4.78 is 4.95. The van der Waals surface area contributed by atoms with Gasteiger partial charge >= 0.3 is 5.88 Å². The summed E-state index contributed by atoms with van der Waals surface area (Å²) >= 11 is 1.30. The molecule has 9 nitrogen and oxygen atoms in total. The van der Waals surface area contributed by atoms with Gasteiger partial charge in [-0.05, 0) is 36.1 Å². The Morgan fingerprint density at radius 1 is 1.39 bits per heavy atom. The quantitative estimate of drug-likeness (QED) is 0.357. The molecule has 1 atom stereocenters. The van der Waals surface area contributed by atoms with E-state index >= 15 is 0 Å². The highest BCUT2D eigenvalue weighted by atomic mass is 32.1. The number of thiophene rings is 1. The van der Waals surface area contributed by atoms with Crippen molar-refractivity contribution in [2.24, 2.45) is 5.10 Å². The zero-order valence-electron chi connectivity index (χ0n) is 15.2. The molecular formula is C18H20N4O5S. The van der Waals surface area contributed by atoms with E-state index in [4.69, 9.17) is 4.42 Å². The van der Waals surface area contributed by atoms with E-state index in [0.29, 0.717) is 11.3 Å². The summed E-state index contributed by atoms with van der Waals surface area (Å²) in [6.45, 7) is 2.00. The lowest BCUT2D eigenvalue weighted by atomic mass is 10.1. The Morgan fingerprint density at radius 2 is 2.21 bits per heavy atom. The summed E-state index contributed by atoms with van der Waals surface area (Å²) in [7, 11) is 0. The number of nitrogens with one attached hydrogen (secondary N) is 2. The summed E-state index contributed by atoms with van der Waals surface area (Å²) in [5.41, 5.74) is 2.38. The van der Waals surface area contributed by atoms with Gasteiger partial charge < -0.3 is 9.73 Å². The minimum Gasteiger partial charge on any atom is -0.401 e. The SMILES string of the molecule is CCCC[C@H](NC(=O)c1cccs1)C(=O)N/N=C\C=C\c1ccc([N+](=O)[O-])o1. The van der Waals surface area contributed by atoms with Crippen LogP contribution in [0.25, 0.3) is 6.08 Å². The third kappa shape index (κ3) is 6.47. The highest BCUT2D eigenvalue weighted by molar-refractivity contribution is 7.12. The number of amides is 2. The maximum Gasteiger partial charge on any atom is 0.433 e. The van der Waals surface area contributed by atoms with E-state index in [0.717, 1.165) is 12.8 Å². The van der Waals surface area contributed by atoms with Crippen molar-refractivity contribution in [1.82, 2.24) is 10.7 Å². The molecule has 2 rings (SSSR count). The van der Waals surface area contributed by atoms with Crippen LogP contribution >= 0.6 is 11.3 Å². The van der Waals surface area contributed by atoms with Crippen molar-refractivity contribution >= 4 is 41.3 Å². The fourth-order valence-corrected chi connectivity index (χ4v) is 2.83. The topological polar surface area (TPSA) is 127 Å². The maximum absolute atomic E-state index is 12.3. The van der Waals surface area contributed by atoms with E-state index in [1.165, 1.54) is 41.8 Å². The van der Waals surface area contributed by atoms with Crippen LogP contribution in [0.15, 0.2) is 45.2 Å². The zero-order valence-corrected chi connectivity index (χ0v) is 16.0. The third-order valence-electron chi connectivity index (χ3n) is 3.60. The molecule has 2 aromatic heterocycles. The molecule has 2 N–H and O–H groups in total. The molecule has 0 aliphatic heterocycles. The van der Waals surface area contributed by atoms with Crippen LogP contribution in [0.1, 0.15) is 41.6 Å². The van der Waals surface area contributed by atoms with Crippen LogP contribution in [0.4, 0.5) is 5.88 Å². The lowest BCUT2D eigenvalue weighted by Crippen LogP contribution is -2.45. The Kier molecular flexibility index (Phi) is 8.10. The van der Waals surface area contributed by atoms with Crippen molar-refractivity contribution in [3.63, 3.8) is 0 Å². The van der Waals surface area contributed by atoms with Gasteiger partial charge in [-0.15, -0.1) is 11.3 Å². The highest BCUT2D eigenvalue weighted by Gasteiger charge is 2.21. The molecule has 0 saturated carbocycles. The molecule has 0 fully saturated rings. The van der Waals surface area contributed by atoms with Gasteiger partial charge in [-0.3, -0.25) is 19.7 Å². The summed E-state index contributed by atoms with van der Waals surface area (Å²) in [4.78, 5) is 34.9. The number of unbranched alkanes of at least 4 members (excludes halogenated alkanes) is 1. The molecule has 0 aliphatic carbocycles. The first-order valence-corrected chi connectivity index (χ1v) is 9.47. The number of rotatable bonds is 10. The van der Waals surface area contributed by atoms with Gasteiger partial charge in [0, 0.05) is 6.21 Å². The first kappa shape index (κ1) is 21.0. The van der Waals surface area contributed by atoms with Crippen LogP contribution in [-0.4, -0.2) is 29.0 Å². The lowest BCUT2D eigenvalue weighted by Gasteiger charge is -2.16. The monoisotopic (exact) mass is 404 g/mol. The first-order valence-electron chi connectivity index (χ1n) is 8.59. The summed E-state index contributed by atoms with van der Waals surface area (Å²) in [6, 6.07) is 5.46. The lowest BCUT2D eigenvalue weighted by molar-refractivity contribution is -0.402. The maximum atomic E-state index is 12.3. The van der Waals surface area contributed by atoms with Crippen molar-refractivity contribution in [2.45, 2.75) is 32.2 Å². The third-order valence-corrected chi connectivity index (χ3v) is 4.47. The van der Waals surface area contributed by atoms with Crippen molar-refractivity contribution in [3.05, 3.63) is 56.5 Å². The van der Waals surface area contributed by atoms with Gasteiger partial charge in [0.15, 0.2) is 0 Å². The zero-order chi connectivity index (χ0) is 20.4. The van der Waals surface area contributed by atoms with Crippen LogP contribution in [0.5, 0.6) is 0 Å². The van der Waals surface area contributed by atoms with Gasteiger partial charge in [0.1, 0.15) is 16.7 Å². The molecule has 0 spiro atoms. The average molecular weight is 404 g/mol. The van der Waals surface area contributed by atoms with Gasteiger partial charge in [-0.2, -0.15) is 5.10 Å². The van der Waals surface area contributed by atoms with Gasteiger partial charge in [-0.25, -0.2) is 5.43 Å². The molecule has 10 heteroatoms. The van der Waals surface area contributed by atoms with E-state index in [9.17, 15) is 19.7 Å². The van der Waals surface area contributed by atoms with Crippen LogP contribution in [-0.2, 0) is 4.79 Å². The second-order valence-corrected chi connectivity index (χ2v) is 6.64. The number of nitrogens with zero attached hydrogens (tertiary/aromatic N) is 2. The van der Waals surface area contributed by atoms with E-state index in [1.807, 2.05) is 6.92 Å². The Labute approximate surface area is 165 Å². The van der Waals surface area contributed by atoms with Crippen molar-refractivity contribution in [2.75, 3.05) is 0 Å². The fraction of sp³-hybridized carbons (Fsp3) is 0.278. The number of allylic oxidation sites excluding steroid dienone is 1. The Morgan fingerprint density at radius 3 is 2.86 bits per heavy atom. The van der Waals surface area contributed by atoms with Gasteiger partial charge in [0.05, 0.1) is 10.9 Å². The number of hydrogen-bond acceptors (Lipinski definition) is 7. The number of nitro groups is 1. The summed E-state index contributed by atoms with van der Waals surface area (Å²) in [5.74, 6) is -0.787. The predicted octanol–water partition coefficient (Wildman–Crippen LogP) is 3.35. The largest absolute Gasteiger partial charge is 0.433 e. The van der Waals surface area contributed by atoms with Crippen molar-refractivity contribution < 1.29 is 18.9 Å². The molecule has 0 radical (unpaired) electrons. The number of furan rings is 1. The molecule has 0 saturated heterocycles. The molecule has 2 amide bonds. The highest BCUT2D eigenvalue weighted by Crippen LogP contribution is 2.16. The van der Waals surface area contributed by atoms with Crippen molar-refractivity contribution in [3.8, 4) is 0 Å². The van der Waals surface area contributed by atoms with E-state index in [1.54, 1.807) is 17.5 Å². The average Bonchev–Trinajstić information content (AvgIpc) is 3.36. The molecule has 0 aromatic carbocycles. The Balaban J connectivity index is 1.88. The van der Waals surface area contributed by atoms with E-state index < -0.39 is 16.9 Å². The van der Waals surface area contributed by atoms with Gasteiger partial charge in [0.25, 0.3) is 11.8 Å². The fourth-order valence-electron chi connectivity index (χ4n) is 2.20. The minimum atomic E-state index is -0.691. The van der Waals surface area contributed by atoms with Crippen molar-refractivity contribution in [1.29, 1.82) is 0 Å². The Bertz CT molecular complexity index is 857. The second-order valence-electron chi connectivity index (χ2n) is 5.69. The number of carbonyl (C=O) groups excluding carboxylic acids is 2. The number of hydrogen-bond donors (Lipinski definition) is 2.